The molecule has 0 amide bonds. The van der Waals surface area contributed by atoms with Gasteiger partial charge in [0.15, 0.2) is 16.6 Å². The smallest absolute Gasteiger partial charge is 0.188 e. The number of thiazole rings is 1. The Labute approximate surface area is 160 Å². The third-order valence-corrected chi connectivity index (χ3v) is 4.98. The van der Waals surface area contributed by atoms with Crippen molar-refractivity contribution in [1.29, 1.82) is 0 Å². The second-order valence-electron chi connectivity index (χ2n) is 5.95. The van der Waals surface area contributed by atoms with Gasteiger partial charge in [0, 0.05) is 17.1 Å². The summed E-state index contributed by atoms with van der Waals surface area (Å²) in [6, 6.07) is 11.7. The normalized spacial score (nSPS) is 10.8. The van der Waals surface area contributed by atoms with Crippen LogP contribution < -0.4 is 14.8 Å². The van der Waals surface area contributed by atoms with E-state index in [0.29, 0.717) is 11.5 Å². The van der Waals surface area contributed by atoms with Gasteiger partial charge in [0.25, 0.3) is 0 Å². The predicted octanol–water partition coefficient (Wildman–Crippen LogP) is 4.82. The van der Waals surface area contributed by atoms with E-state index in [1.165, 1.54) is 0 Å². The molecule has 0 aliphatic carbocycles. The summed E-state index contributed by atoms with van der Waals surface area (Å²) in [5.41, 5.74) is 4.57. The Hall–Kier alpha value is -3.19. The van der Waals surface area contributed by atoms with E-state index in [1.807, 2.05) is 54.9 Å². The van der Waals surface area contributed by atoms with Gasteiger partial charge in [-0.1, -0.05) is 6.07 Å². The van der Waals surface area contributed by atoms with Crippen molar-refractivity contribution in [3.8, 4) is 22.6 Å². The zero-order chi connectivity index (χ0) is 18.8. The number of nitrogens with zero attached hydrogens (tertiary/aromatic N) is 3. The topological polar surface area (TPSA) is 69.2 Å². The summed E-state index contributed by atoms with van der Waals surface area (Å²) >= 11 is 1.55. The van der Waals surface area contributed by atoms with E-state index in [4.69, 9.17) is 9.47 Å². The van der Waals surface area contributed by atoms with E-state index in [2.05, 4.69) is 20.3 Å². The zero-order valence-corrected chi connectivity index (χ0v) is 16.0. The lowest BCUT2D eigenvalue weighted by atomic mass is 10.1. The minimum atomic E-state index is 0.678. The maximum Gasteiger partial charge on any atom is 0.188 e. The van der Waals surface area contributed by atoms with Crippen LogP contribution in [0.25, 0.3) is 22.2 Å². The van der Waals surface area contributed by atoms with Gasteiger partial charge in [0.1, 0.15) is 5.82 Å². The Morgan fingerprint density at radius 3 is 2.48 bits per heavy atom. The van der Waals surface area contributed by atoms with Crippen molar-refractivity contribution >= 4 is 33.3 Å². The number of benzene rings is 1. The van der Waals surface area contributed by atoms with Gasteiger partial charge in [-0.2, -0.15) is 0 Å². The second kappa shape index (κ2) is 7.20. The Morgan fingerprint density at radius 2 is 1.74 bits per heavy atom. The molecule has 1 N–H and O–H groups in total. The molecule has 6 nitrogen and oxygen atoms in total. The van der Waals surface area contributed by atoms with Crippen molar-refractivity contribution in [3.63, 3.8) is 0 Å². The molecule has 1 aromatic carbocycles. The van der Waals surface area contributed by atoms with Crippen molar-refractivity contribution < 1.29 is 9.47 Å². The molecule has 0 aliphatic heterocycles. The van der Waals surface area contributed by atoms with E-state index in [9.17, 15) is 0 Å². The summed E-state index contributed by atoms with van der Waals surface area (Å²) in [7, 11) is 3.25. The number of ether oxygens (including phenoxy) is 2. The van der Waals surface area contributed by atoms with Gasteiger partial charge in [-0.05, 0) is 42.8 Å². The summed E-state index contributed by atoms with van der Waals surface area (Å²) in [5.74, 6) is 2.11. The molecule has 3 aromatic heterocycles. The molecule has 0 saturated heterocycles. The van der Waals surface area contributed by atoms with Crippen LogP contribution in [0.15, 0.2) is 48.0 Å². The Morgan fingerprint density at radius 1 is 0.889 bits per heavy atom. The van der Waals surface area contributed by atoms with E-state index in [-0.39, 0.29) is 0 Å². The lowest BCUT2D eigenvalue weighted by Crippen LogP contribution is -1.95. The third kappa shape index (κ3) is 3.54. The maximum absolute atomic E-state index is 5.40. The number of fused-ring (bicyclic) bond motifs is 1. The summed E-state index contributed by atoms with van der Waals surface area (Å²) in [6.45, 7) is 1.97. The monoisotopic (exact) mass is 378 g/mol. The number of hydrogen-bond acceptors (Lipinski definition) is 7. The van der Waals surface area contributed by atoms with Crippen LogP contribution in [-0.2, 0) is 0 Å². The van der Waals surface area contributed by atoms with Gasteiger partial charge in [0.05, 0.1) is 30.9 Å². The van der Waals surface area contributed by atoms with Crippen LogP contribution in [0, 0.1) is 6.92 Å². The highest BCUT2D eigenvalue weighted by molar-refractivity contribution is 7.13. The largest absolute Gasteiger partial charge is 0.493 e. The average Bonchev–Trinajstić information content (AvgIpc) is 3.11. The fourth-order valence-electron chi connectivity index (χ4n) is 2.77. The molecule has 4 rings (SSSR count). The molecular formula is C20H18N4O2S. The number of hydrogen-bond donors (Lipinski definition) is 1. The molecule has 0 aliphatic rings. The van der Waals surface area contributed by atoms with Gasteiger partial charge in [-0.25, -0.2) is 9.97 Å². The number of rotatable bonds is 5. The molecule has 4 aromatic rings. The van der Waals surface area contributed by atoms with Crippen LogP contribution in [0.3, 0.4) is 0 Å². The SMILES string of the molecule is COc1ccc(-c2cnc3ccc(Nc4nc(C)cs4)nc3c2)cc1OC. The fourth-order valence-corrected chi connectivity index (χ4v) is 3.47. The lowest BCUT2D eigenvalue weighted by molar-refractivity contribution is 0.355. The molecule has 0 radical (unpaired) electrons. The van der Waals surface area contributed by atoms with E-state index in [0.717, 1.165) is 38.8 Å². The Bertz CT molecular complexity index is 1110. The van der Waals surface area contributed by atoms with E-state index < -0.39 is 0 Å². The van der Waals surface area contributed by atoms with Gasteiger partial charge in [0.2, 0.25) is 0 Å². The number of aromatic nitrogens is 3. The van der Waals surface area contributed by atoms with Gasteiger partial charge >= 0.3 is 0 Å². The molecule has 0 atom stereocenters. The van der Waals surface area contributed by atoms with Crippen LogP contribution in [0.2, 0.25) is 0 Å². The highest BCUT2D eigenvalue weighted by Crippen LogP contribution is 2.33. The molecule has 0 bridgehead atoms. The van der Waals surface area contributed by atoms with Crippen LogP contribution in [0.4, 0.5) is 10.9 Å². The Balaban J connectivity index is 1.70. The van der Waals surface area contributed by atoms with Gasteiger partial charge in [-0.15, -0.1) is 11.3 Å². The average molecular weight is 378 g/mol. The number of aryl methyl sites for hydroxylation is 1. The molecule has 136 valence electrons. The fraction of sp³-hybridized carbons (Fsp3) is 0.150. The molecular weight excluding hydrogens is 360 g/mol. The number of nitrogens with one attached hydrogen (secondary N) is 1. The maximum atomic E-state index is 5.40. The quantitative estimate of drug-likeness (QED) is 0.537. The van der Waals surface area contributed by atoms with Crippen molar-refractivity contribution in [2.45, 2.75) is 6.92 Å². The van der Waals surface area contributed by atoms with Crippen LogP contribution in [0.5, 0.6) is 11.5 Å². The van der Waals surface area contributed by atoms with Crippen LogP contribution in [-0.4, -0.2) is 29.2 Å². The summed E-state index contributed by atoms with van der Waals surface area (Å²) in [6.07, 6.45) is 1.84. The molecule has 7 heteroatoms. The first kappa shape index (κ1) is 17.2. The van der Waals surface area contributed by atoms with E-state index in [1.54, 1.807) is 25.6 Å². The van der Waals surface area contributed by atoms with E-state index >= 15 is 0 Å². The molecule has 3 heterocycles. The third-order valence-electron chi connectivity index (χ3n) is 4.11. The molecule has 27 heavy (non-hydrogen) atoms. The standard InChI is InChI=1S/C20H18N4O2S/c1-12-11-27-20(22-12)24-19-7-5-15-16(23-19)8-14(10-21-15)13-4-6-17(25-2)18(9-13)26-3/h4-11H,1-3H3,(H,22,23,24). The van der Waals surface area contributed by atoms with Crippen molar-refractivity contribution in [2.75, 3.05) is 19.5 Å². The summed E-state index contributed by atoms with van der Waals surface area (Å²) in [4.78, 5) is 13.6. The van der Waals surface area contributed by atoms with Crippen molar-refractivity contribution in [2.24, 2.45) is 0 Å². The number of anilines is 2. The minimum absolute atomic E-state index is 0.678. The molecule has 0 spiro atoms. The number of pyridine rings is 2. The van der Waals surface area contributed by atoms with Crippen LogP contribution in [0.1, 0.15) is 5.69 Å². The van der Waals surface area contributed by atoms with Gasteiger partial charge in [-0.3, -0.25) is 4.98 Å². The first-order valence-electron chi connectivity index (χ1n) is 8.34. The number of methoxy groups -OCH3 is 2. The summed E-state index contributed by atoms with van der Waals surface area (Å²) in [5, 5.41) is 6.06. The Kier molecular flexibility index (Phi) is 4.60. The van der Waals surface area contributed by atoms with Crippen LogP contribution >= 0.6 is 11.3 Å². The molecule has 0 unspecified atom stereocenters. The second-order valence-corrected chi connectivity index (χ2v) is 6.81. The molecule has 0 fully saturated rings. The first-order valence-corrected chi connectivity index (χ1v) is 9.22. The predicted molar refractivity (Wildman–Crippen MR) is 108 cm³/mol. The first-order chi connectivity index (χ1) is 13.2. The lowest BCUT2D eigenvalue weighted by Gasteiger charge is -2.10. The minimum Gasteiger partial charge on any atom is -0.493 e. The highest BCUT2D eigenvalue weighted by Gasteiger charge is 2.09. The van der Waals surface area contributed by atoms with Gasteiger partial charge < -0.3 is 14.8 Å². The highest BCUT2D eigenvalue weighted by atomic mass is 32.1. The zero-order valence-electron chi connectivity index (χ0n) is 15.2. The summed E-state index contributed by atoms with van der Waals surface area (Å²) < 4.78 is 10.7. The van der Waals surface area contributed by atoms with Crippen molar-refractivity contribution in [3.05, 3.63) is 53.7 Å². The molecule has 0 saturated carbocycles. The van der Waals surface area contributed by atoms with Crippen molar-refractivity contribution in [1.82, 2.24) is 15.0 Å².